The van der Waals surface area contributed by atoms with Gasteiger partial charge in [-0.3, -0.25) is 0 Å². The number of para-hydroxylation sites is 1. The zero-order chi connectivity index (χ0) is 9.40. The topological polar surface area (TPSA) is 101 Å². The van der Waals surface area contributed by atoms with Crippen molar-refractivity contribution in [2.75, 3.05) is 5.43 Å². The van der Waals surface area contributed by atoms with Crippen molar-refractivity contribution in [2.45, 2.75) is 0 Å². The molecule has 0 aliphatic carbocycles. The standard InChI is InChI=1S/C6H6N2O2.H3NO/c9-8(10)7-6-4-2-1-3-5-6;1-2/h1-5,7H;2H,1H2. The zero-order valence-corrected chi connectivity index (χ0v) is 6.18. The van der Waals surface area contributed by atoms with Gasteiger partial charge in [-0.1, -0.05) is 18.2 Å². The highest BCUT2D eigenvalue weighted by Crippen LogP contribution is 2.03. The summed E-state index contributed by atoms with van der Waals surface area (Å²) in [6, 6.07) is 8.51. The molecule has 0 aliphatic heterocycles. The van der Waals surface area contributed by atoms with Crippen LogP contribution < -0.4 is 11.3 Å². The summed E-state index contributed by atoms with van der Waals surface area (Å²) in [4.78, 5) is 9.86. The van der Waals surface area contributed by atoms with E-state index >= 15 is 0 Å². The lowest BCUT2D eigenvalue weighted by Crippen LogP contribution is -2.06. The Morgan fingerprint density at radius 3 is 2.25 bits per heavy atom. The summed E-state index contributed by atoms with van der Waals surface area (Å²) >= 11 is 0. The first-order valence-corrected chi connectivity index (χ1v) is 3.01. The van der Waals surface area contributed by atoms with Crippen LogP contribution in [-0.2, 0) is 0 Å². The minimum Gasteiger partial charge on any atom is -0.320 e. The molecule has 66 valence electrons. The van der Waals surface area contributed by atoms with Gasteiger partial charge in [0.25, 0.3) is 0 Å². The minimum absolute atomic E-state index is 0.493. The zero-order valence-electron chi connectivity index (χ0n) is 6.18. The predicted molar refractivity (Wildman–Crippen MR) is 43.0 cm³/mol. The van der Waals surface area contributed by atoms with Gasteiger partial charge >= 0.3 is 0 Å². The Bertz CT molecular complexity index is 227. The van der Waals surface area contributed by atoms with E-state index in [2.05, 4.69) is 5.90 Å². The lowest BCUT2D eigenvalue weighted by atomic mass is 10.3. The first-order chi connectivity index (χ1) is 5.79. The van der Waals surface area contributed by atoms with Crippen LogP contribution in [0.5, 0.6) is 0 Å². The third kappa shape index (κ3) is 4.20. The predicted octanol–water partition coefficient (Wildman–Crippen LogP) is 0.624. The summed E-state index contributed by atoms with van der Waals surface area (Å²) in [7, 11) is 0. The van der Waals surface area contributed by atoms with E-state index in [0.717, 1.165) is 0 Å². The van der Waals surface area contributed by atoms with Crippen LogP contribution in [0.2, 0.25) is 0 Å². The molecule has 0 aliphatic rings. The summed E-state index contributed by atoms with van der Waals surface area (Å²) < 4.78 is 0. The molecule has 0 atom stereocenters. The van der Waals surface area contributed by atoms with E-state index in [-0.39, 0.29) is 0 Å². The number of nitro groups is 1. The molecule has 0 heterocycles. The maximum atomic E-state index is 9.86. The van der Waals surface area contributed by atoms with Gasteiger partial charge in [0.2, 0.25) is 0 Å². The Kier molecular flexibility index (Phi) is 5.24. The maximum absolute atomic E-state index is 9.86. The lowest BCUT2D eigenvalue weighted by Gasteiger charge is -1.93. The molecule has 0 fully saturated rings. The maximum Gasteiger partial charge on any atom is 0.162 e. The number of hydrogen-bond donors (Lipinski definition) is 3. The van der Waals surface area contributed by atoms with Gasteiger partial charge in [-0.15, -0.1) is 5.43 Å². The van der Waals surface area contributed by atoms with Gasteiger partial charge < -0.3 is 5.21 Å². The highest BCUT2D eigenvalue weighted by molar-refractivity contribution is 5.39. The lowest BCUT2D eigenvalue weighted by molar-refractivity contribution is -0.445. The van der Waals surface area contributed by atoms with E-state index in [1.54, 1.807) is 30.3 Å². The number of anilines is 1. The van der Waals surface area contributed by atoms with Crippen LogP contribution in [0.4, 0.5) is 5.69 Å². The van der Waals surface area contributed by atoms with E-state index in [0.29, 0.717) is 5.69 Å². The van der Waals surface area contributed by atoms with Crippen LogP contribution in [0.1, 0.15) is 0 Å². The van der Waals surface area contributed by atoms with Crippen molar-refractivity contribution >= 4 is 5.69 Å². The van der Waals surface area contributed by atoms with Crippen LogP contribution in [-0.4, -0.2) is 10.2 Å². The average Bonchev–Trinajstić information content (AvgIpc) is 2.08. The summed E-state index contributed by atoms with van der Waals surface area (Å²) in [6.07, 6.45) is 0. The van der Waals surface area contributed by atoms with Gasteiger partial charge in [-0.05, 0) is 12.1 Å². The first kappa shape index (κ1) is 10.3. The van der Waals surface area contributed by atoms with Crippen molar-refractivity contribution in [3.05, 3.63) is 40.4 Å². The molecular formula is C6H9N3O3. The van der Waals surface area contributed by atoms with Crippen molar-refractivity contribution in [1.82, 2.24) is 0 Å². The third-order valence-corrected chi connectivity index (χ3v) is 0.994. The number of rotatable bonds is 2. The molecule has 0 spiro atoms. The minimum atomic E-state index is -0.588. The Balaban J connectivity index is 0.000000561. The molecule has 0 amide bonds. The van der Waals surface area contributed by atoms with Gasteiger partial charge in [0.1, 0.15) is 5.69 Å². The van der Waals surface area contributed by atoms with Crippen molar-refractivity contribution < 1.29 is 10.2 Å². The Morgan fingerprint density at radius 1 is 1.33 bits per heavy atom. The second kappa shape index (κ2) is 6.08. The van der Waals surface area contributed by atoms with Crippen LogP contribution in [0.3, 0.4) is 0 Å². The van der Waals surface area contributed by atoms with Gasteiger partial charge in [0.05, 0.1) is 0 Å². The van der Waals surface area contributed by atoms with E-state index in [9.17, 15) is 10.1 Å². The van der Waals surface area contributed by atoms with Crippen molar-refractivity contribution in [2.24, 2.45) is 5.90 Å². The Hall–Kier alpha value is -1.66. The van der Waals surface area contributed by atoms with Crippen molar-refractivity contribution in [3.8, 4) is 0 Å². The number of hydrogen-bond acceptors (Lipinski definition) is 4. The monoisotopic (exact) mass is 171 g/mol. The van der Waals surface area contributed by atoms with Crippen LogP contribution in [0.15, 0.2) is 30.3 Å². The molecule has 1 aromatic carbocycles. The largest absolute Gasteiger partial charge is 0.320 e. The molecule has 0 bridgehead atoms. The van der Waals surface area contributed by atoms with Crippen molar-refractivity contribution in [3.63, 3.8) is 0 Å². The number of nitrogens with two attached hydrogens (primary N) is 1. The summed E-state index contributed by atoms with van der Waals surface area (Å²) in [5, 5.41) is 15.8. The van der Waals surface area contributed by atoms with Gasteiger partial charge in [0.15, 0.2) is 5.03 Å². The molecule has 6 nitrogen and oxygen atoms in total. The molecule has 0 radical (unpaired) electrons. The highest BCUT2D eigenvalue weighted by atomic mass is 16.7. The second-order valence-electron chi connectivity index (χ2n) is 1.73. The fraction of sp³-hybridized carbons (Fsp3) is 0. The fourth-order valence-electron chi connectivity index (χ4n) is 0.618. The fourth-order valence-corrected chi connectivity index (χ4v) is 0.618. The molecule has 4 N–H and O–H groups in total. The summed E-state index contributed by atoms with van der Waals surface area (Å²) in [5.41, 5.74) is 2.52. The van der Waals surface area contributed by atoms with E-state index in [1.807, 2.05) is 5.43 Å². The molecular weight excluding hydrogens is 162 g/mol. The molecule has 0 saturated carbocycles. The Morgan fingerprint density at radius 2 is 1.83 bits per heavy atom. The quantitative estimate of drug-likeness (QED) is 0.447. The Labute approximate surface area is 68.7 Å². The number of benzene rings is 1. The van der Waals surface area contributed by atoms with Gasteiger partial charge in [-0.25, -0.2) is 16.0 Å². The number of nitrogens with one attached hydrogen (secondary N) is 1. The molecule has 12 heavy (non-hydrogen) atoms. The van der Waals surface area contributed by atoms with E-state index in [4.69, 9.17) is 5.21 Å². The smallest absolute Gasteiger partial charge is 0.162 e. The van der Waals surface area contributed by atoms with Crippen LogP contribution in [0.25, 0.3) is 0 Å². The third-order valence-electron chi connectivity index (χ3n) is 0.994. The first-order valence-electron chi connectivity index (χ1n) is 3.01. The van der Waals surface area contributed by atoms with Crippen LogP contribution in [0, 0.1) is 10.1 Å². The van der Waals surface area contributed by atoms with Gasteiger partial charge in [-0.2, -0.15) is 0 Å². The summed E-state index contributed by atoms with van der Waals surface area (Å²) in [5.74, 6) is 3.50. The number of nitrogens with zero attached hydrogens (tertiary/aromatic N) is 1. The second-order valence-corrected chi connectivity index (χ2v) is 1.73. The molecule has 0 saturated heterocycles. The normalized spacial score (nSPS) is 7.83. The highest BCUT2D eigenvalue weighted by Gasteiger charge is 1.93. The molecule has 1 aromatic rings. The number of hydrazine groups is 1. The molecule has 1 rings (SSSR count). The van der Waals surface area contributed by atoms with Crippen molar-refractivity contribution in [1.29, 1.82) is 0 Å². The van der Waals surface area contributed by atoms with E-state index < -0.39 is 5.03 Å². The summed E-state index contributed by atoms with van der Waals surface area (Å²) in [6.45, 7) is 0. The molecule has 6 heteroatoms. The van der Waals surface area contributed by atoms with Gasteiger partial charge in [0, 0.05) is 0 Å². The SMILES string of the molecule is NO.O=[N+]([O-])Nc1ccccc1. The molecule has 0 aromatic heterocycles. The molecule has 0 unspecified atom stereocenters. The van der Waals surface area contributed by atoms with E-state index in [1.165, 1.54) is 0 Å². The average molecular weight is 171 g/mol. The van der Waals surface area contributed by atoms with Crippen LogP contribution >= 0.6 is 0 Å².